The molecule has 2 heterocycles. The zero-order valence-corrected chi connectivity index (χ0v) is 18.8. The number of hydrogen-bond acceptors (Lipinski definition) is 6. The summed E-state index contributed by atoms with van der Waals surface area (Å²) in [6.45, 7) is 2.50. The Bertz CT molecular complexity index is 1140. The van der Waals surface area contributed by atoms with Gasteiger partial charge in [-0.25, -0.2) is 0 Å². The second kappa shape index (κ2) is 9.46. The molecule has 8 heteroatoms. The maximum absolute atomic E-state index is 13.5. The summed E-state index contributed by atoms with van der Waals surface area (Å²) in [7, 11) is 2.97. The highest BCUT2D eigenvalue weighted by Crippen LogP contribution is 2.42. The lowest BCUT2D eigenvalue weighted by molar-refractivity contribution is 0.0418. The second-order valence-corrected chi connectivity index (χ2v) is 8.10. The predicted molar refractivity (Wildman–Crippen MR) is 123 cm³/mol. The number of aromatic nitrogens is 2. The zero-order chi connectivity index (χ0) is 23.5. The van der Waals surface area contributed by atoms with Crippen molar-refractivity contribution in [1.29, 1.82) is 0 Å². The lowest BCUT2D eigenvalue weighted by Crippen LogP contribution is -2.51. The molecule has 0 saturated heterocycles. The van der Waals surface area contributed by atoms with E-state index >= 15 is 0 Å². The fourth-order valence-corrected chi connectivity index (χ4v) is 4.59. The summed E-state index contributed by atoms with van der Waals surface area (Å²) in [6, 6.07) is 19.2. The minimum atomic E-state index is -0.901. The molecular formula is C25H27N3O5. The topological polar surface area (TPSA) is 93.9 Å². The van der Waals surface area contributed by atoms with Gasteiger partial charge in [-0.1, -0.05) is 60.7 Å². The number of amides is 1. The molecule has 0 saturated carbocycles. The van der Waals surface area contributed by atoms with Gasteiger partial charge in [0, 0.05) is 19.6 Å². The molecule has 0 radical (unpaired) electrons. The highest BCUT2D eigenvalue weighted by Gasteiger charge is 2.42. The van der Waals surface area contributed by atoms with Crippen LogP contribution in [-0.4, -0.2) is 58.9 Å². The van der Waals surface area contributed by atoms with Gasteiger partial charge in [-0.3, -0.25) is 14.2 Å². The molecule has 1 aliphatic rings. The first-order chi connectivity index (χ1) is 16.0. The summed E-state index contributed by atoms with van der Waals surface area (Å²) >= 11 is 0. The van der Waals surface area contributed by atoms with Gasteiger partial charge in [0.25, 0.3) is 5.91 Å². The predicted octanol–water partition coefficient (Wildman–Crippen LogP) is 2.82. The van der Waals surface area contributed by atoms with Crippen molar-refractivity contribution in [2.45, 2.75) is 24.9 Å². The van der Waals surface area contributed by atoms with Crippen LogP contribution in [0.5, 0.6) is 11.8 Å². The average molecular weight is 450 g/mol. The van der Waals surface area contributed by atoms with Crippen molar-refractivity contribution in [2.24, 2.45) is 0 Å². The molecule has 4 rings (SSSR count). The van der Waals surface area contributed by atoms with E-state index in [1.807, 2.05) is 67.6 Å². The summed E-state index contributed by atoms with van der Waals surface area (Å²) in [5.74, 6) is -1.36. The van der Waals surface area contributed by atoms with E-state index in [1.165, 1.54) is 7.11 Å². The second-order valence-electron chi connectivity index (χ2n) is 8.10. The van der Waals surface area contributed by atoms with Gasteiger partial charge in [-0.15, -0.1) is 0 Å². The average Bonchev–Trinajstić information content (AvgIpc) is 2.84. The monoisotopic (exact) mass is 449 g/mol. The lowest BCUT2D eigenvalue weighted by Gasteiger charge is -2.42. The molecule has 1 N–H and O–H groups in total. The van der Waals surface area contributed by atoms with Crippen molar-refractivity contribution in [3.05, 3.63) is 87.8 Å². The van der Waals surface area contributed by atoms with Gasteiger partial charge >= 0.3 is 11.6 Å². The Morgan fingerprint density at radius 3 is 2.12 bits per heavy atom. The van der Waals surface area contributed by atoms with Gasteiger partial charge in [0.1, 0.15) is 0 Å². The molecule has 1 amide bonds. The number of rotatable bonds is 7. The van der Waals surface area contributed by atoms with Gasteiger partial charge in [-0.05, 0) is 18.1 Å². The van der Waals surface area contributed by atoms with E-state index in [-0.39, 0.29) is 23.7 Å². The normalized spacial score (nSPS) is 16.5. The molecular weight excluding hydrogens is 422 g/mol. The Kier molecular flexibility index (Phi) is 6.46. The lowest BCUT2D eigenvalue weighted by atomic mass is 9.83. The maximum atomic E-state index is 13.5. The third kappa shape index (κ3) is 4.09. The molecule has 2 unspecified atom stereocenters. The summed E-state index contributed by atoms with van der Waals surface area (Å²) in [4.78, 5) is 31.4. The highest BCUT2D eigenvalue weighted by molar-refractivity contribution is 5.96. The van der Waals surface area contributed by atoms with Crippen LogP contribution in [0, 0.1) is 0 Å². The van der Waals surface area contributed by atoms with Crippen LogP contribution in [0.25, 0.3) is 0 Å². The molecule has 3 aromatic rings. The Morgan fingerprint density at radius 1 is 1.03 bits per heavy atom. The number of ether oxygens (including phenoxy) is 2. The molecule has 0 bridgehead atoms. The van der Waals surface area contributed by atoms with Crippen LogP contribution in [0.2, 0.25) is 0 Å². The number of carbonyl (C=O) groups is 1. The SMILES string of the molecule is COCC(C)N1CC(C(c2ccccc2)c2ccccc2)n2c(OC)nc(=O)c(O)c2C1=O. The van der Waals surface area contributed by atoms with Crippen LogP contribution < -0.4 is 10.3 Å². The molecule has 0 spiro atoms. The molecule has 0 aliphatic carbocycles. The molecule has 33 heavy (non-hydrogen) atoms. The Labute approximate surface area is 192 Å². The van der Waals surface area contributed by atoms with Crippen molar-refractivity contribution in [3.63, 3.8) is 0 Å². The number of nitrogens with zero attached hydrogens (tertiary/aromatic N) is 3. The summed E-state index contributed by atoms with van der Waals surface area (Å²) in [5.41, 5.74) is 1.02. The van der Waals surface area contributed by atoms with Crippen LogP contribution in [-0.2, 0) is 4.74 Å². The number of benzene rings is 2. The molecule has 2 atom stereocenters. The van der Waals surface area contributed by atoms with E-state index in [9.17, 15) is 14.7 Å². The fraction of sp³-hybridized carbons (Fsp3) is 0.320. The molecule has 0 fully saturated rings. The molecule has 1 aromatic heterocycles. The standard InChI is InChI=1S/C25H27N3O5/c1-16(15-32-2)27-14-19(28-21(24(27)31)22(29)23(30)26-25(28)33-3)20(17-10-6-4-7-11-17)18-12-8-5-9-13-18/h4-13,16,19-20,29H,14-15H2,1-3H3. The van der Waals surface area contributed by atoms with E-state index in [4.69, 9.17) is 9.47 Å². The van der Waals surface area contributed by atoms with Crippen LogP contribution in [0.3, 0.4) is 0 Å². The Morgan fingerprint density at radius 2 is 1.61 bits per heavy atom. The third-order valence-corrected chi connectivity index (χ3v) is 6.07. The molecule has 2 aromatic carbocycles. The van der Waals surface area contributed by atoms with Crippen LogP contribution >= 0.6 is 0 Å². The highest BCUT2D eigenvalue weighted by atomic mass is 16.5. The van der Waals surface area contributed by atoms with Crippen LogP contribution in [0.1, 0.15) is 40.5 Å². The van der Waals surface area contributed by atoms with Gasteiger partial charge in [0.15, 0.2) is 5.69 Å². The van der Waals surface area contributed by atoms with Crippen molar-refractivity contribution < 1.29 is 19.4 Å². The maximum Gasteiger partial charge on any atom is 0.318 e. The number of carbonyl (C=O) groups excluding carboxylic acids is 1. The van der Waals surface area contributed by atoms with E-state index in [2.05, 4.69) is 4.98 Å². The third-order valence-electron chi connectivity index (χ3n) is 6.07. The van der Waals surface area contributed by atoms with Crippen molar-refractivity contribution >= 4 is 5.91 Å². The van der Waals surface area contributed by atoms with E-state index in [0.29, 0.717) is 13.2 Å². The van der Waals surface area contributed by atoms with Gasteiger partial charge in [0.2, 0.25) is 5.75 Å². The molecule has 8 nitrogen and oxygen atoms in total. The number of methoxy groups -OCH3 is 2. The van der Waals surface area contributed by atoms with Crippen LogP contribution in [0.15, 0.2) is 65.5 Å². The van der Waals surface area contributed by atoms with Crippen molar-refractivity contribution in [2.75, 3.05) is 27.4 Å². The van der Waals surface area contributed by atoms with E-state index < -0.39 is 23.3 Å². The first kappa shape index (κ1) is 22.5. The number of hydrogen-bond donors (Lipinski definition) is 1. The zero-order valence-electron chi connectivity index (χ0n) is 18.8. The van der Waals surface area contributed by atoms with E-state index in [0.717, 1.165) is 11.1 Å². The first-order valence-electron chi connectivity index (χ1n) is 10.8. The summed E-state index contributed by atoms with van der Waals surface area (Å²) < 4.78 is 12.3. The smallest absolute Gasteiger partial charge is 0.318 e. The van der Waals surface area contributed by atoms with Crippen molar-refractivity contribution in [1.82, 2.24) is 14.5 Å². The van der Waals surface area contributed by atoms with E-state index in [1.54, 1.807) is 16.6 Å². The van der Waals surface area contributed by atoms with Gasteiger partial charge < -0.3 is 19.5 Å². The number of aromatic hydroxyl groups is 1. The van der Waals surface area contributed by atoms with Crippen molar-refractivity contribution in [3.8, 4) is 11.8 Å². The fourth-order valence-electron chi connectivity index (χ4n) is 4.59. The van der Waals surface area contributed by atoms with Crippen LogP contribution in [0.4, 0.5) is 0 Å². The van der Waals surface area contributed by atoms with Gasteiger partial charge in [-0.2, -0.15) is 4.98 Å². The quantitative estimate of drug-likeness (QED) is 0.596. The largest absolute Gasteiger partial charge is 0.501 e. The summed E-state index contributed by atoms with van der Waals surface area (Å²) in [6.07, 6.45) is 0. The Balaban J connectivity index is 1.99. The number of fused-ring (bicyclic) bond motifs is 1. The molecule has 172 valence electrons. The minimum Gasteiger partial charge on any atom is -0.501 e. The first-order valence-corrected chi connectivity index (χ1v) is 10.8. The van der Waals surface area contributed by atoms with Gasteiger partial charge in [0.05, 0.1) is 25.8 Å². The Hall–Kier alpha value is -3.65. The minimum absolute atomic E-state index is 0.0120. The summed E-state index contributed by atoms with van der Waals surface area (Å²) in [5, 5.41) is 10.7. The molecule has 1 aliphatic heterocycles.